The Hall–Kier alpha value is -3.53. The molecule has 0 aliphatic rings. The van der Waals surface area contributed by atoms with Crippen LogP contribution >= 0.6 is 11.3 Å². The molecule has 0 radical (unpaired) electrons. The zero-order valence-corrected chi connectivity index (χ0v) is 17.1. The minimum Gasteiger partial charge on any atom is -0.351 e. The first-order valence-electron chi connectivity index (χ1n) is 9.42. The van der Waals surface area contributed by atoms with Gasteiger partial charge in [0.1, 0.15) is 0 Å². The monoisotopic (exact) mass is 427 g/mol. The van der Waals surface area contributed by atoms with Crippen LogP contribution in [0.1, 0.15) is 39.9 Å². The van der Waals surface area contributed by atoms with Gasteiger partial charge >= 0.3 is 0 Å². The molecular weight excluding hydrogens is 406 g/mol. The van der Waals surface area contributed by atoms with E-state index in [2.05, 4.69) is 21.3 Å². The quantitative estimate of drug-likeness (QED) is 0.389. The first-order valence-corrected chi connectivity index (χ1v) is 10.3. The van der Waals surface area contributed by atoms with Gasteiger partial charge in [-0.15, -0.1) is 11.3 Å². The number of thiophene rings is 1. The number of hydrogen-bond donors (Lipinski definition) is 3. The van der Waals surface area contributed by atoms with Gasteiger partial charge in [-0.25, -0.2) is 4.68 Å². The zero-order chi connectivity index (χ0) is 21.5. The Labute approximate surface area is 176 Å². The molecule has 0 aliphatic carbocycles. The molecule has 0 bridgehead atoms. The smallest absolute Gasteiger partial charge is 0.290 e. The highest BCUT2D eigenvalue weighted by Gasteiger charge is 2.16. The first-order chi connectivity index (χ1) is 14.5. The second kappa shape index (κ2) is 9.79. The summed E-state index contributed by atoms with van der Waals surface area (Å²) in [6.45, 7) is 2.41. The van der Waals surface area contributed by atoms with E-state index >= 15 is 0 Å². The van der Waals surface area contributed by atoms with Gasteiger partial charge in [-0.05, 0) is 30.9 Å². The molecule has 3 rings (SSSR count). The molecule has 2 heterocycles. The van der Waals surface area contributed by atoms with Crippen molar-refractivity contribution in [3.63, 3.8) is 0 Å². The van der Waals surface area contributed by atoms with E-state index in [4.69, 9.17) is 0 Å². The number of benzene rings is 1. The van der Waals surface area contributed by atoms with Crippen molar-refractivity contribution in [1.82, 2.24) is 25.9 Å². The fourth-order valence-corrected chi connectivity index (χ4v) is 3.45. The highest BCUT2D eigenvalue weighted by molar-refractivity contribution is 7.12. The molecule has 2 aromatic heterocycles. The second-order valence-electron chi connectivity index (χ2n) is 6.35. The molecular formula is C20H21N5O4S. The molecule has 0 saturated carbocycles. The van der Waals surface area contributed by atoms with E-state index in [-0.39, 0.29) is 23.6 Å². The Morgan fingerprint density at radius 3 is 2.50 bits per heavy atom. The number of rotatable bonds is 7. The predicted molar refractivity (Wildman–Crippen MR) is 113 cm³/mol. The van der Waals surface area contributed by atoms with E-state index in [1.165, 1.54) is 16.0 Å². The van der Waals surface area contributed by atoms with Gasteiger partial charge in [0.2, 0.25) is 5.91 Å². The van der Waals surface area contributed by atoms with Crippen LogP contribution in [0.5, 0.6) is 0 Å². The lowest BCUT2D eigenvalue weighted by Crippen LogP contribution is -2.43. The Kier molecular flexibility index (Phi) is 6.91. The topological polar surface area (TPSA) is 122 Å². The van der Waals surface area contributed by atoms with Crippen molar-refractivity contribution in [1.29, 1.82) is 0 Å². The van der Waals surface area contributed by atoms with Crippen molar-refractivity contribution < 1.29 is 14.4 Å². The minimum absolute atomic E-state index is 0.0514. The summed E-state index contributed by atoms with van der Waals surface area (Å²) in [5.74, 6) is -1.20. The van der Waals surface area contributed by atoms with Gasteiger partial charge < -0.3 is 5.32 Å². The third-order valence-corrected chi connectivity index (χ3v) is 5.18. The molecule has 1 aromatic carbocycles. The molecule has 10 heteroatoms. The number of hydrogen-bond acceptors (Lipinski definition) is 6. The van der Waals surface area contributed by atoms with E-state index in [0.29, 0.717) is 35.2 Å². The summed E-state index contributed by atoms with van der Waals surface area (Å²) >= 11 is 1.34. The maximum absolute atomic E-state index is 12.5. The van der Waals surface area contributed by atoms with E-state index in [1.54, 1.807) is 43.3 Å². The molecule has 0 fully saturated rings. The SMILES string of the molecule is CCn1nc(C(=O)NNC(=O)CCCNC(=O)c2cccs2)c2ccccc2c1=O. The molecule has 9 nitrogen and oxygen atoms in total. The van der Waals surface area contributed by atoms with Crippen LogP contribution in [0.2, 0.25) is 0 Å². The second-order valence-corrected chi connectivity index (χ2v) is 7.30. The lowest BCUT2D eigenvalue weighted by molar-refractivity contribution is -0.121. The maximum atomic E-state index is 12.5. The molecule has 3 N–H and O–H groups in total. The number of nitrogens with one attached hydrogen (secondary N) is 3. The summed E-state index contributed by atoms with van der Waals surface area (Å²) in [4.78, 5) is 49.3. The minimum atomic E-state index is -0.618. The Morgan fingerprint density at radius 2 is 1.80 bits per heavy atom. The number of carbonyl (C=O) groups is 3. The van der Waals surface area contributed by atoms with Crippen LogP contribution in [0.3, 0.4) is 0 Å². The van der Waals surface area contributed by atoms with E-state index in [0.717, 1.165) is 0 Å². The molecule has 0 saturated heterocycles. The number of fused-ring (bicyclic) bond motifs is 1. The van der Waals surface area contributed by atoms with Crippen LogP contribution in [0, 0.1) is 0 Å². The molecule has 0 spiro atoms. The van der Waals surface area contributed by atoms with Crippen LogP contribution in [0.15, 0.2) is 46.6 Å². The molecule has 0 aliphatic heterocycles. The van der Waals surface area contributed by atoms with Gasteiger partial charge in [-0.2, -0.15) is 5.10 Å². The summed E-state index contributed by atoms with van der Waals surface area (Å²) in [7, 11) is 0. The Balaban J connectivity index is 1.53. The van der Waals surface area contributed by atoms with Crippen molar-refractivity contribution in [2.24, 2.45) is 0 Å². The van der Waals surface area contributed by atoms with Crippen molar-refractivity contribution in [2.75, 3.05) is 6.54 Å². The van der Waals surface area contributed by atoms with Crippen LogP contribution in [-0.4, -0.2) is 34.0 Å². The van der Waals surface area contributed by atoms with Gasteiger partial charge in [0.15, 0.2) is 5.69 Å². The standard InChI is InChI=1S/C20H21N5O4S/c1-2-25-20(29)14-8-4-3-7-13(14)17(24-25)19(28)23-22-16(26)10-5-11-21-18(27)15-9-6-12-30-15/h3-4,6-9,12H,2,5,10-11H2,1H3,(H,21,27)(H,22,26)(H,23,28). The van der Waals surface area contributed by atoms with Gasteiger partial charge in [0.25, 0.3) is 17.4 Å². The lowest BCUT2D eigenvalue weighted by atomic mass is 10.1. The largest absolute Gasteiger partial charge is 0.351 e. The molecule has 0 atom stereocenters. The number of aryl methyl sites for hydroxylation is 1. The summed E-state index contributed by atoms with van der Waals surface area (Å²) < 4.78 is 1.20. The molecule has 3 amide bonds. The predicted octanol–water partition coefficient (Wildman–Crippen LogP) is 1.45. The molecule has 3 aromatic rings. The number of amides is 3. The summed E-state index contributed by atoms with van der Waals surface area (Å²) in [5, 5.41) is 9.45. The van der Waals surface area contributed by atoms with Crippen molar-refractivity contribution in [3.8, 4) is 0 Å². The third kappa shape index (κ3) is 4.90. The van der Waals surface area contributed by atoms with E-state index < -0.39 is 11.8 Å². The number of nitrogens with zero attached hydrogens (tertiary/aromatic N) is 2. The third-order valence-electron chi connectivity index (χ3n) is 4.31. The number of aromatic nitrogens is 2. The van der Waals surface area contributed by atoms with E-state index in [1.807, 2.05) is 5.38 Å². The lowest BCUT2D eigenvalue weighted by Gasteiger charge is -2.11. The fraction of sp³-hybridized carbons (Fsp3) is 0.250. The Bertz CT molecular complexity index is 1120. The summed E-state index contributed by atoms with van der Waals surface area (Å²) in [6, 6.07) is 10.2. The normalized spacial score (nSPS) is 10.6. The van der Waals surface area contributed by atoms with Gasteiger partial charge in [-0.3, -0.25) is 30.0 Å². The zero-order valence-electron chi connectivity index (χ0n) is 16.3. The summed E-state index contributed by atoms with van der Waals surface area (Å²) in [5.41, 5.74) is 4.44. The van der Waals surface area contributed by atoms with Crippen LogP contribution in [0.25, 0.3) is 10.8 Å². The fourth-order valence-electron chi connectivity index (χ4n) is 2.81. The van der Waals surface area contributed by atoms with Gasteiger partial charge in [-0.1, -0.05) is 24.3 Å². The number of hydrazine groups is 1. The summed E-state index contributed by atoms with van der Waals surface area (Å²) in [6.07, 6.45) is 0.536. The van der Waals surface area contributed by atoms with Crippen LogP contribution < -0.4 is 21.7 Å². The highest BCUT2D eigenvalue weighted by Crippen LogP contribution is 2.13. The van der Waals surface area contributed by atoms with E-state index in [9.17, 15) is 19.2 Å². The van der Waals surface area contributed by atoms with Crippen molar-refractivity contribution >= 4 is 39.8 Å². The molecule has 0 unspecified atom stereocenters. The first kappa shape index (κ1) is 21.2. The Morgan fingerprint density at radius 1 is 1.03 bits per heavy atom. The average Bonchev–Trinajstić information content (AvgIpc) is 3.30. The van der Waals surface area contributed by atoms with Crippen LogP contribution in [-0.2, 0) is 11.3 Å². The van der Waals surface area contributed by atoms with Gasteiger partial charge in [0.05, 0.1) is 10.3 Å². The number of carbonyl (C=O) groups excluding carboxylic acids is 3. The highest BCUT2D eigenvalue weighted by atomic mass is 32.1. The van der Waals surface area contributed by atoms with Crippen molar-refractivity contribution in [2.45, 2.75) is 26.3 Å². The van der Waals surface area contributed by atoms with Gasteiger partial charge in [0, 0.05) is 24.9 Å². The van der Waals surface area contributed by atoms with Crippen LogP contribution in [0.4, 0.5) is 0 Å². The molecule has 30 heavy (non-hydrogen) atoms. The van der Waals surface area contributed by atoms with Crippen molar-refractivity contribution in [3.05, 3.63) is 62.7 Å². The average molecular weight is 427 g/mol. The molecule has 156 valence electrons. The maximum Gasteiger partial charge on any atom is 0.290 e.